The summed E-state index contributed by atoms with van der Waals surface area (Å²) >= 11 is 9.15. The molecule has 2 rings (SSSR count). The number of hydrogen-bond acceptors (Lipinski definition) is 3. The van der Waals surface area contributed by atoms with Crippen LogP contribution in [0.4, 0.5) is 15.8 Å². The minimum atomic E-state index is -4.81. The van der Waals surface area contributed by atoms with Gasteiger partial charge in [0.1, 0.15) is 5.82 Å². The number of amides is 1. The molecule has 0 heterocycles. The van der Waals surface area contributed by atoms with Crippen LogP contribution in [0.1, 0.15) is 10.4 Å². The molecule has 0 spiro atoms. The predicted molar refractivity (Wildman–Crippen MR) is 87.8 cm³/mol. The predicted octanol–water partition coefficient (Wildman–Crippen LogP) is 3.28. The van der Waals surface area contributed by atoms with E-state index in [-0.39, 0.29) is 22.0 Å². The molecule has 0 atom stereocenters. The second-order valence-electron chi connectivity index (χ2n) is 4.37. The van der Waals surface area contributed by atoms with E-state index in [1.54, 1.807) is 0 Å². The smallest absolute Gasteiger partial charge is 0.364 e. The largest absolute Gasteiger partial charge is 0.366 e. The fraction of sp³-hybridized carbons (Fsp3) is 0. The molecule has 0 aliphatic heterocycles. The standard InChI is InChI=1S/C13H9BrClFN2O4S/c14-7-5-10(13(17)19)12(15)11(6-7)18(23(20,21)22)9-3-1-8(16)2-4-9/h1-6H,(H2,17,19)(H,20,21,22). The second-order valence-corrected chi connectivity index (χ2v) is 6.92. The van der Waals surface area contributed by atoms with E-state index in [1.807, 2.05) is 0 Å². The molecule has 23 heavy (non-hydrogen) atoms. The first-order valence-electron chi connectivity index (χ1n) is 5.93. The first-order valence-corrected chi connectivity index (χ1v) is 8.50. The van der Waals surface area contributed by atoms with E-state index in [1.165, 1.54) is 12.1 Å². The number of rotatable bonds is 4. The maximum Gasteiger partial charge on any atom is 0.364 e. The average Bonchev–Trinajstić information content (AvgIpc) is 2.43. The van der Waals surface area contributed by atoms with Crippen molar-refractivity contribution in [3.05, 3.63) is 57.3 Å². The number of carbonyl (C=O) groups excluding carboxylic acids is 1. The Labute approximate surface area is 144 Å². The van der Waals surface area contributed by atoms with Gasteiger partial charge in [-0.15, -0.1) is 0 Å². The van der Waals surface area contributed by atoms with Crippen LogP contribution in [0, 0.1) is 5.82 Å². The van der Waals surface area contributed by atoms with Crippen LogP contribution < -0.4 is 10.0 Å². The van der Waals surface area contributed by atoms with Crippen molar-refractivity contribution in [3.63, 3.8) is 0 Å². The highest BCUT2D eigenvalue weighted by Gasteiger charge is 2.27. The third-order valence-corrected chi connectivity index (χ3v) is 4.52. The van der Waals surface area contributed by atoms with E-state index in [4.69, 9.17) is 17.3 Å². The normalized spacial score (nSPS) is 11.3. The molecule has 0 aliphatic carbocycles. The van der Waals surface area contributed by atoms with Crippen LogP contribution in [-0.4, -0.2) is 18.9 Å². The Balaban J connectivity index is 2.76. The summed E-state index contributed by atoms with van der Waals surface area (Å²) in [6.45, 7) is 0. The highest BCUT2D eigenvalue weighted by atomic mass is 79.9. The van der Waals surface area contributed by atoms with Crippen molar-refractivity contribution < 1.29 is 22.2 Å². The number of nitrogens with zero attached hydrogens (tertiary/aromatic N) is 1. The summed E-state index contributed by atoms with van der Waals surface area (Å²) < 4.78 is 46.8. The van der Waals surface area contributed by atoms with Gasteiger partial charge in [-0.1, -0.05) is 27.5 Å². The molecule has 0 unspecified atom stereocenters. The quantitative estimate of drug-likeness (QED) is 0.737. The molecule has 0 aliphatic rings. The first kappa shape index (κ1) is 17.7. The van der Waals surface area contributed by atoms with Crippen LogP contribution in [0.3, 0.4) is 0 Å². The van der Waals surface area contributed by atoms with Crippen LogP contribution in [-0.2, 0) is 10.3 Å². The zero-order chi connectivity index (χ0) is 17.4. The number of carbonyl (C=O) groups is 1. The summed E-state index contributed by atoms with van der Waals surface area (Å²) in [7, 11) is -4.81. The second kappa shape index (κ2) is 6.44. The Kier molecular flexibility index (Phi) is 4.95. The Hall–Kier alpha value is -1.68. The van der Waals surface area contributed by atoms with Crippen LogP contribution >= 0.6 is 27.5 Å². The number of hydrogen-bond donors (Lipinski definition) is 2. The van der Waals surface area contributed by atoms with Gasteiger partial charge in [0, 0.05) is 4.47 Å². The fourth-order valence-electron chi connectivity index (χ4n) is 1.87. The Morgan fingerprint density at radius 3 is 2.30 bits per heavy atom. The van der Waals surface area contributed by atoms with Crippen molar-refractivity contribution in [1.29, 1.82) is 0 Å². The number of nitrogens with two attached hydrogens (primary N) is 1. The van der Waals surface area contributed by atoms with Crippen molar-refractivity contribution >= 4 is 55.1 Å². The minimum Gasteiger partial charge on any atom is -0.366 e. The van der Waals surface area contributed by atoms with Gasteiger partial charge in [-0.05, 0) is 36.4 Å². The van der Waals surface area contributed by atoms with E-state index in [2.05, 4.69) is 15.9 Å². The Morgan fingerprint density at radius 2 is 1.83 bits per heavy atom. The number of benzene rings is 2. The van der Waals surface area contributed by atoms with E-state index in [0.717, 1.165) is 24.3 Å². The van der Waals surface area contributed by atoms with Gasteiger partial charge < -0.3 is 5.73 Å². The zero-order valence-corrected chi connectivity index (χ0v) is 14.4. The highest BCUT2D eigenvalue weighted by Crippen LogP contribution is 2.38. The van der Waals surface area contributed by atoms with Gasteiger partial charge in [-0.2, -0.15) is 8.42 Å². The molecule has 122 valence electrons. The molecule has 10 heteroatoms. The SMILES string of the molecule is NC(=O)c1cc(Br)cc(N(c2ccc(F)cc2)S(=O)(=O)O)c1Cl. The number of halogens is 3. The lowest BCUT2D eigenvalue weighted by atomic mass is 10.2. The van der Waals surface area contributed by atoms with E-state index in [0.29, 0.717) is 8.78 Å². The monoisotopic (exact) mass is 422 g/mol. The van der Waals surface area contributed by atoms with Crippen molar-refractivity contribution in [3.8, 4) is 0 Å². The molecule has 6 nitrogen and oxygen atoms in total. The lowest BCUT2D eigenvalue weighted by molar-refractivity contribution is 0.100. The zero-order valence-electron chi connectivity index (χ0n) is 11.2. The Morgan fingerprint density at radius 1 is 1.26 bits per heavy atom. The van der Waals surface area contributed by atoms with E-state index >= 15 is 0 Å². The molecule has 1 amide bonds. The van der Waals surface area contributed by atoms with Gasteiger partial charge >= 0.3 is 10.3 Å². The van der Waals surface area contributed by atoms with Crippen LogP contribution in [0.5, 0.6) is 0 Å². The molecular weight excluding hydrogens is 415 g/mol. The van der Waals surface area contributed by atoms with Crippen LogP contribution in [0.15, 0.2) is 40.9 Å². The molecule has 0 saturated carbocycles. The molecule has 2 aromatic rings. The summed E-state index contributed by atoms with van der Waals surface area (Å²) in [6, 6.07) is 6.85. The molecule has 0 saturated heterocycles. The number of primary amides is 1. The molecule has 0 radical (unpaired) electrons. The third-order valence-electron chi connectivity index (χ3n) is 2.79. The van der Waals surface area contributed by atoms with Crippen molar-refractivity contribution in [1.82, 2.24) is 0 Å². The van der Waals surface area contributed by atoms with Gasteiger partial charge in [0.25, 0.3) is 0 Å². The molecular formula is C13H9BrClFN2O4S. The molecule has 3 N–H and O–H groups in total. The topological polar surface area (TPSA) is 101 Å². The van der Waals surface area contributed by atoms with E-state index in [9.17, 15) is 22.2 Å². The lowest BCUT2D eigenvalue weighted by Crippen LogP contribution is -2.26. The van der Waals surface area contributed by atoms with E-state index < -0.39 is 22.0 Å². The molecule has 0 aromatic heterocycles. The lowest BCUT2D eigenvalue weighted by Gasteiger charge is -2.23. The molecule has 0 fully saturated rings. The average molecular weight is 424 g/mol. The van der Waals surface area contributed by atoms with Gasteiger partial charge in [0.05, 0.1) is 22.0 Å². The number of anilines is 2. The summed E-state index contributed by atoms with van der Waals surface area (Å²) in [5, 5.41) is -0.275. The van der Waals surface area contributed by atoms with Gasteiger partial charge in [-0.3, -0.25) is 9.35 Å². The molecule has 2 aromatic carbocycles. The fourth-order valence-corrected chi connectivity index (χ4v) is 3.44. The van der Waals surface area contributed by atoms with Crippen molar-refractivity contribution in [2.24, 2.45) is 5.73 Å². The third kappa shape index (κ3) is 3.81. The van der Waals surface area contributed by atoms with Crippen molar-refractivity contribution in [2.45, 2.75) is 0 Å². The Bertz CT molecular complexity index is 874. The minimum absolute atomic E-state index is 0.0793. The maximum atomic E-state index is 13.0. The highest BCUT2D eigenvalue weighted by molar-refractivity contribution is 9.10. The van der Waals surface area contributed by atoms with Gasteiger partial charge in [0.2, 0.25) is 5.91 Å². The van der Waals surface area contributed by atoms with Crippen LogP contribution in [0.25, 0.3) is 0 Å². The summed E-state index contributed by atoms with van der Waals surface area (Å²) in [5.41, 5.74) is 4.75. The summed E-state index contributed by atoms with van der Waals surface area (Å²) in [5.74, 6) is -1.48. The van der Waals surface area contributed by atoms with Gasteiger partial charge in [-0.25, -0.2) is 8.70 Å². The van der Waals surface area contributed by atoms with Gasteiger partial charge in [0.15, 0.2) is 0 Å². The maximum absolute atomic E-state index is 13.0. The molecule has 0 bridgehead atoms. The van der Waals surface area contributed by atoms with Crippen molar-refractivity contribution in [2.75, 3.05) is 4.31 Å². The van der Waals surface area contributed by atoms with Crippen LogP contribution in [0.2, 0.25) is 5.02 Å². The first-order chi connectivity index (χ1) is 10.6. The summed E-state index contributed by atoms with van der Waals surface area (Å²) in [4.78, 5) is 11.4. The summed E-state index contributed by atoms with van der Waals surface area (Å²) in [6.07, 6.45) is 0.